The van der Waals surface area contributed by atoms with E-state index in [-0.39, 0.29) is 50.0 Å². The molecular formula is C80H108N18O25. The molecule has 0 spiro atoms. The van der Waals surface area contributed by atoms with Crippen LogP contribution >= 0.6 is 0 Å². The Hall–Kier alpha value is -13.5. The topological polar surface area (TPSA) is 695 Å². The normalized spacial score (nSPS) is 20.5. The first-order chi connectivity index (χ1) is 58.4. The number of H-pyrrole nitrogens is 1. The molecule has 1 aliphatic heterocycles. The van der Waals surface area contributed by atoms with Crippen LogP contribution in [-0.4, -0.2) is 248 Å². The van der Waals surface area contributed by atoms with Crippen molar-refractivity contribution >= 4 is 129 Å². The predicted octanol–water partition coefficient (Wildman–Crippen LogP) is -4.01. The number of aromatic nitrogens is 1. The molecule has 0 bridgehead atoms. The first-order valence-electron chi connectivity index (χ1n) is 39.8. The molecule has 24 N–H and O–H groups in total. The molecule has 0 unspecified atom stereocenters. The van der Waals surface area contributed by atoms with Crippen LogP contribution in [0, 0.1) is 17.2 Å². The highest BCUT2D eigenvalue weighted by Gasteiger charge is 2.41. The first kappa shape index (κ1) is 100. The summed E-state index contributed by atoms with van der Waals surface area (Å²) in [6.45, 7) is 0.770. The van der Waals surface area contributed by atoms with Gasteiger partial charge in [-0.2, -0.15) is 5.26 Å². The monoisotopic (exact) mass is 1720 g/mol. The summed E-state index contributed by atoms with van der Waals surface area (Å²) in [5.74, 6) is -27.0. The lowest BCUT2D eigenvalue weighted by Gasteiger charge is -2.30. The molecule has 0 radical (unpaired) electrons. The zero-order valence-electron chi connectivity index (χ0n) is 68.3. The Bertz CT molecular complexity index is 4480. The van der Waals surface area contributed by atoms with Crippen molar-refractivity contribution in [2.45, 2.75) is 216 Å². The molecular weight excluding hydrogens is 1610 g/mol. The number of anilines is 1. The van der Waals surface area contributed by atoms with Gasteiger partial charge in [-0.25, -0.2) is 4.79 Å². The van der Waals surface area contributed by atoms with E-state index in [4.69, 9.17) is 16.2 Å². The lowest BCUT2D eigenvalue weighted by Crippen LogP contribution is -2.61. The number of hydrogen-bond donors (Lipinski definition) is 22. The third-order valence-electron chi connectivity index (χ3n) is 19.5. The maximum atomic E-state index is 15.0. The number of carbonyl (C=O) groups excluding carboxylic acids is 16. The van der Waals surface area contributed by atoms with Crippen LogP contribution in [0.15, 0.2) is 79.0 Å². The third kappa shape index (κ3) is 34.3. The van der Waals surface area contributed by atoms with E-state index >= 15 is 0 Å². The average molecular weight is 1720 g/mol. The van der Waals surface area contributed by atoms with Crippen LogP contribution < -0.4 is 85.9 Å². The number of para-hydroxylation sites is 2. The van der Waals surface area contributed by atoms with E-state index in [1.165, 1.54) is 24.3 Å². The van der Waals surface area contributed by atoms with Crippen LogP contribution in [0.25, 0.3) is 10.9 Å². The summed E-state index contributed by atoms with van der Waals surface area (Å²) < 4.78 is 5.78. The van der Waals surface area contributed by atoms with Gasteiger partial charge < -0.3 is 121 Å². The van der Waals surface area contributed by atoms with E-state index in [1.807, 2.05) is 16.7 Å². The molecule has 1 fully saturated rings. The summed E-state index contributed by atoms with van der Waals surface area (Å²) in [4.78, 5) is 266. The predicted molar refractivity (Wildman–Crippen MR) is 434 cm³/mol. The minimum Gasteiger partial charge on any atom is -0.481 e. The number of carboxylic acid groups (broad SMARTS) is 3. The minimum absolute atomic E-state index is 0.00842. The third-order valence-corrected chi connectivity index (χ3v) is 19.5. The number of unbranched alkanes of at least 4 members (excludes halogenated alkanes) is 6. The standard InChI is InChI=1S/C80H108N18O25/c1-5-6-7-8-9-10-11-22-62(103)90-54(31-47-38-85-51-20-15-13-17-48(47)51)75(117)94-55(33-61(83)102)76(118)92-53(27-29-99)73(115)98-69-44(4)123-80(122)58(32-60(101)49-18-12-14-19-50(49)82)96-79(121)68(42(2)30-65(106)107)97-77(119)59(41-100)91-64(105)39-86-71(113)56(34-66(108)109)93-70(112)43(3)88-74(116)57(35-67(110)111)95-72(114)52(89-63(104)40-87-78(69)120)21-16-28-84-37-46-25-23-45(36-81)24-26-46/h12-15,17-20,23-26,38,42-44,52-59,68-69,84-85,99-100H,5-11,16,21-22,27-35,37,39-41,82H2,1-4H3,(H2,83,102)(H,86,113)(H,87,120)(H,88,116)(H,89,104)(H,90,103)(H,91,105)(H,92,118)(H,93,112)(H,94,117)(H,95,114)(H,96,121)(H,97,119)(H,98,115)(H,106,107)(H,108,109)(H,110,111)/t42-,43-,44-,52+,53+,54+,55+,56+,57+,58+,59-,68+,69+/m1/s1. The van der Waals surface area contributed by atoms with Crippen LogP contribution in [0.2, 0.25) is 0 Å². The number of esters is 1. The number of nitriles is 1. The number of aliphatic hydroxyl groups is 2. The number of carbonyl (C=O) groups is 19. The number of ether oxygens (including phenoxy) is 1. The van der Waals surface area contributed by atoms with Gasteiger partial charge in [-0.05, 0) is 93.5 Å². The van der Waals surface area contributed by atoms with Crippen LogP contribution in [-0.2, 0) is 104 Å². The second-order valence-corrected chi connectivity index (χ2v) is 29.4. The van der Waals surface area contributed by atoms with E-state index in [0.29, 0.717) is 40.4 Å². The molecule has 4 aromatic rings. The molecule has 123 heavy (non-hydrogen) atoms. The highest BCUT2D eigenvalue weighted by Crippen LogP contribution is 2.22. The second kappa shape index (κ2) is 51.2. The number of nitrogens with zero attached hydrogens (tertiary/aromatic N) is 1. The largest absolute Gasteiger partial charge is 0.481 e. The number of rotatable bonds is 38. The molecule has 5 rings (SSSR count). The quantitative estimate of drug-likeness (QED) is 0.00880. The Balaban J connectivity index is 1.61. The number of benzene rings is 3. The summed E-state index contributed by atoms with van der Waals surface area (Å²) in [6.07, 6.45) is -1.18. The average Bonchev–Trinajstić information content (AvgIpc) is 1.81. The van der Waals surface area contributed by atoms with Gasteiger partial charge in [-0.1, -0.05) is 94.8 Å². The van der Waals surface area contributed by atoms with Crippen LogP contribution in [0.3, 0.4) is 0 Å². The fraction of sp³-hybridized carbons (Fsp3) is 0.500. The van der Waals surface area contributed by atoms with Crippen molar-refractivity contribution in [3.63, 3.8) is 0 Å². The zero-order chi connectivity index (χ0) is 91.0. The summed E-state index contributed by atoms with van der Waals surface area (Å²) >= 11 is 0. The Labute approximate surface area is 705 Å². The summed E-state index contributed by atoms with van der Waals surface area (Å²) in [5, 5.41) is 92.7. The van der Waals surface area contributed by atoms with Crippen LogP contribution in [0.5, 0.6) is 0 Å². The van der Waals surface area contributed by atoms with Gasteiger partial charge in [0, 0.05) is 60.8 Å². The fourth-order valence-electron chi connectivity index (χ4n) is 12.8. The molecule has 43 nitrogen and oxygen atoms in total. The number of aliphatic hydroxyl groups excluding tert-OH is 2. The first-order valence-corrected chi connectivity index (χ1v) is 39.8. The Morgan fingerprint density at radius 2 is 1.16 bits per heavy atom. The molecule has 1 aromatic heterocycles. The molecule has 0 saturated carbocycles. The summed E-state index contributed by atoms with van der Waals surface area (Å²) in [5.41, 5.74) is 13.6. The summed E-state index contributed by atoms with van der Waals surface area (Å²) in [7, 11) is 0. The van der Waals surface area contributed by atoms with E-state index in [0.717, 1.165) is 52.9 Å². The van der Waals surface area contributed by atoms with Crippen molar-refractivity contribution < 1.29 is 121 Å². The van der Waals surface area contributed by atoms with Crippen LogP contribution in [0.1, 0.15) is 157 Å². The lowest BCUT2D eigenvalue weighted by molar-refractivity contribution is -0.156. The van der Waals surface area contributed by atoms with Crippen molar-refractivity contribution in [1.82, 2.24) is 79.4 Å². The van der Waals surface area contributed by atoms with Crippen molar-refractivity contribution in [3.8, 4) is 6.07 Å². The molecule has 1 aliphatic rings. The van der Waals surface area contributed by atoms with Crippen molar-refractivity contribution in [1.29, 1.82) is 5.26 Å². The van der Waals surface area contributed by atoms with E-state index in [9.17, 15) is 122 Å². The van der Waals surface area contributed by atoms with Gasteiger partial charge in [0.25, 0.3) is 0 Å². The lowest BCUT2D eigenvalue weighted by atomic mass is 9.96. The smallest absolute Gasteiger partial charge is 0.329 e. The van der Waals surface area contributed by atoms with E-state index < -0.39 is 256 Å². The van der Waals surface area contributed by atoms with E-state index in [2.05, 4.69) is 75.7 Å². The van der Waals surface area contributed by atoms with Crippen molar-refractivity contribution in [2.75, 3.05) is 38.6 Å². The SMILES string of the molecule is CCCCCCCCCC(=O)N[C@@H](Cc1c[nH]c2ccccc12)C(=O)N[C@@H](CC(N)=O)C(=O)N[C@@H](CCO)C(=O)N[C@@H]1C(=O)NCC(=O)N[C@@H](CCCNCc2ccc(C#N)cc2)C(=O)N[C@@H](CC(=O)O)C(=O)N[C@H](C)C(=O)N[C@@H](CC(=O)O)C(=O)NCC(=O)N[C@H](CO)C(=O)N[C@@H]([C@H](C)CC(=O)O)C(=O)N[C@@H](CC(=O)c2ccccc2N)C(=O)O[C@@H]1C. The number of nitrogen functional groups attached to an aromatic ring is 1. The van der Waals surface area contributed by atoms with Gasteiger partial charge in [0.1, 0.15) is 72.6 Å². The minimum atomic E-state index is -2.35. The summed E-state index contributed by atoms with van der Waals surface area (Å²) in [6, 6.07) is -1.32. The molecule has 1 saturated heterocycles. The molecule has 3 aromatic carbocycles. The number of hydrogen-bond acceptors (Lipinski definition) is 25. The van der Waals surface area contributed by atoms with Gasteiger partial charge in [0.15, 0.2) is 5.78 Å². The van der Waals surface area contributed by atoms with Gasteiger partial charge in [-0.15, -0.1) is 0 Å². The maximum absolute atomic E-state index is 15.0. The highest BCUT2D eigenvalue weighted by atomic mass is 16.5. The number of amides is 14. The number of ketones is 1. The number of carboxylic acids is 3. The fourth-order valence-corrected chi connectivity index (χ4v) is 12.8. The molecule has 14 amide bonds. The maximum Gasteiger partial charge on any atom is 0.329 e. The zero-order valence-corrected chi connectivity index (χ0v) is 68.3. The number of fused-ring (bicyclic) bond motifs is 1. The highest BCUT2D eigenvalue weighted by molar-refractivity contribution is 6.05. The number of primary amides is 1. The Morgan fingerprint density at radius 3 is 1.79 bits per heavy atom. The molecule has 0 aliphatic carbocycles. The molecule has 43 heteroatoms. The number of aliphatic carboxylic acids is 3. The van der Waals surface area contributed by atoms with Crippen LogP contribution in [0.4, 0.5) is 5.69 Å². The number of cyclic esters (lactones) is 1. The Kier molecular flexibility index (Phi) is 41.6. The Morgan fingerprint density at radius 1 is 0.585 bits per heavy atom. The number of nitrogens with two attached hydrogens (primary N) is 2. The van der Waals surface area contributed by atoms with Crippen molar-refractivity contribution in [2.24, 2.45) is 11.7 Å². The van der Waals surface area contributed by atoms with Gasteiger partial charge in [-0.3, -0.25) is 86.3 Å². The number of Topliss-reactive ketones (excluding diaryl/α,β-unsaturated/α-hetero) is 1. The number of nitrogens with one attached hydrogen (secondary N) is 15. The number of aromatic amines is 1. The van der Waals surface area contributed by atoms with Crippen molar-refractivity contribution in [3.05, 3.63) is 101 Å². The van der Waals surface area contributed by atoms with Gasteiger partial charge >= 0.3 is 23.9 Å². The van der Waals surface area contributed by atoms with Gasteiger partial charge in [0.05, 0.1) is 57.0 Å². The van der Waals surface area contributed by atoms with E-state index in [1.54, 1.807) is 54.7 Å². The second-order valence-electron chi connectivity index (χ2n) is 29.4. The molecule has 13 atom stereocenters. The van der Waals surface area contributed by atoms with Gasteiger partial charge in [0.2, 0.25) is 82.7 Å². The molecule has 668 valence electrons. The molecule has 2 heterocycles.